The molecule has 1 aliphatic heterocycles. The number of nitrogens with zero attached hydrogens (tertiary/aromatic N) is 1. The third-order valence-electron chi connectivity index (χ3n) is 5.23. The Balaban J connectivity index is 1.92. The van der Waals surface area contributed by atoms with E-state index in [2.05, 4.69) is 11.8 Å². The SMILES string of the molecule is CCCC1CCC(=O)C(CN2CCCCCC2CO)C1. The number of Topliss-reactive ketones (excluding diaryl/α,β-unsaturated/α-hetero) is 1. The van der Waals surface area contributed by atoms with E-state index in [1.165, 1.54) is 32.1 Å². The maximum atomic E-state index is 12.2. The molecule has 3 nitrogen and oxygen atoms in total. The highest BCUT2D eigenvalue weighted by Gasteiger charge is 2.31. The number of hydrogen-bond donors (Lipinski definition) is 1. The summed E-state index contributed by atoms with van der Waals surface area (Å²) in [6.07, 6.45) is 10.3. The molecule has 2 aliphatic rings. The Morgan fingerprint density at radius 2 is 2.10 bits per heavy atom. The van der Waals surface area contributed by atoms with Gasteiger partial charge in [-0.2, -0.15) is 0 Å². The van der Waals surface area contributed by atoms with Crippen molar-refractivity contribution in [3.05, 3.63) is 0 Å². The average molecular weight is 281 g/mol. The summed E-state index contributed by atoms with van der Waals surface area (Å²) in [6, 6.07) is 0.289. The van der Waals surface area contributed by atoms with Gasteiger partial charge < -0.3 is 5.11 Å². The molecule has 0 spiro atoms. The lowest BCUT2D eigenvalue weighted by Crippen LogP contribution is -2.43. The minimum Gasteiger partial charge on any atom is -0.395 e. The zero-order valence-corrected chi connectivity index (χ0v) is 13.0. The summed E-state index contributed by atoms with van der Waals surface area (Å²) in [4.78, 5) is 14.6. The normalized spacial score (nSPS) is 33.1. The second kappa shape index (κ2) is 8.14. The van der Waals surface area contributed by atoms with E-state index in [1.807, 2.05) is 0 Å². The highest BCUT2D eigenvalue weighted by atomic mass is 16.3. The van der Waals surface area contributed by atoms with Gasteiger partial charge in [-0.05, 0) is 38.1 Å². The van der Waals surface area contributed by atoms with Crippen LogP contribution in [0.1, 0.15) is 64.7 Å². The van der Waals surface area contributed by atoms with Gasteiger partial charge in [0.05, 0.1) is 6.61 Å². The lowest BCUT2D eigenvalue weighted by Gasteiger charge is -2.35. The molecule has 0 bridgehead atoms. The summed E-state index contributed by atoms with van der Waals surface area (Å²) in [5, 5.41) is 9.59. The molecular weight excluding hydrogens is 250 g/mol. The zero-order valence-electron chi connectivity index (χ0n) is 13.0. The van der Waals surface area contributed by atoms with Crippen molar-refractivity contribution in [2.24, 2.45) is 11.8 Å². The number of ketones is 1. The van der Waals surface area contributed by atoms with Crippen LogP contribution < -0.4 is 0 Å². The van der Waals surface area contributed by atoms with Gasteiger partial charge in [0, 0.05) is 24.9 Å². The molecule has 0 aromatic carbocycles. The Hall–Kier alpha value is -0.410. The van der Waals surface area contributed by atoms with Crippen LogP contribution in [0, 0.1) is 11.8 Å². The fraction of sp³-hybridized carbons (Fsp3) is 0.941. The van der Waals surface area contributed by atoms with Gasteiger partial charge in [-0.1, -0.05) is 32.6 Å². The molecule has 2 rings (SSSR count). The second-order valence-electron chi connectivity index (χ2n) is 6.77. The first kappa shape index (κ1) is 16.0. The van der Waals surface area contributed by atoms with Crippen LogP contribution in [0.4, 0.5) is 0 Å². The lowest BCUT2D eigenvalue weighted by molar-refractivity contribution is -0.126. The average Bonchev–Trinajstić information content (AvgIpc) is 2.68. The van der Waals surface area contributed by atoms with Crippen LogP contribution in [0.5, 0.6) is 0 Å². The van der Waals surface area contributed by atoms with E-state index in [4.69, 9.17) is 0 Å². The molecule has 1 saturated heterocycles. The third kappa shape index (κ3) is 4.29. The fourth-order valence-corrected chi connectivity index (χ4v) is 4.02. The predicted octanol–water partition coefficient (Wildman–Crippen LogP) is 3.01. The van der Waals surface area contributed by atoms with Crippen molar-refractivity contribution < 1.29 is 9.90 Å². The van der Waals surface area contributed by atoms with Crippen LogP contribution in [0.25, 0.3) is 0 Å². The van der Waals surface area contributed by atoms with Crippen LogP contribution in [-0.2, 0) is 4.79 Å². The first-order valence-electron chi connectivity index (χ1n) is 8.62. The number of aliphatic hydroxyl groups is 1. The summed E-state index contributed by atoms with van der Waals surface area (Å²) in [5.74, 6) is 1.45. The lowest BCUT2D eigenvalue weighted by atomic mass is 9.78. The van der Waals surface area contributed by atoms with E-state index in [0.717, 1.165) is 44.7 Å². The molecule has 1 aliphatic carbocycles. The first-order valence-corrected chi connectivity index (χ1v) is 8.62. The van der Waals surface area contributed by atoms with Gasteiger partial charge in [-0.3, -0.25) is 9.69 Å². The van der Waals surface area contributed by atoms with Gasteiger partial charge in [0.15, 0.2) is 0 Å². The molecule has 1 heterocycles. The van der Waals surface area contributed by atoms with Crippen LogP contribution in [0.2, 0.25) is 0 Å². The minimum atomic E-state index is 0.229. The molecule has 1 N–H and O–H groups in total. The van der Waals surface area contributed by atoms with Crippen LogP contribution in [0.3, 0.4) is 0 Å². The molecule has 3 unspecified atom stereocenters. The van der Waals surface area contributed by atoms with Crippen molar-refractivity contribution in [3.8, 4) is 0 Å². The summed E-state index contributed by atoms with van der Waals surface area (Å²) < 4.78 is 0. The van der Waals surface area contributed by atoms with Crippen molar-refractivity contribution in [1.82, 2.24) is 4.90 Å². The van der Waals surface area contributed by atoms with Gasteiger partial charge in [0.1, 0.15) is 5.78 Å². The number of aliphatic hydroxyl groups excluding tert-OH is 1. The summed E-state index contributed by atoms with van der Waals surface area (Å²) in [5.41, 5.74) is 0. The molecule has 1 saturated carbocycles. The zero-order chi connectivity index (χ0) is 14.4. The standard InChI is InChI=1S/C17H31NO2/c1-2-6-14-8-9-17(20)15(11-14)12-18-10-5-3-4-7-16(18)13-19/h14-16,19H,2-13H2,1H3. The number of hydrogen-bond acceptors (Lipinski definition) is 3. The minimum absolute atomic E-state index is 0.229. The molecular formula is C17H31NO2. The second-order valence-corrected chi connectivity index (χ2v) is 6.77. The third-order valence-corrected chi connectivity index (χ3v) is 5.23. The van der Waals surface area contributed by atoms with Crippen molar-refractivity contribution >= 4 is 5.78 Å². The van der Waals surface area contributed by atoms with Gasteiger partial charge in [-0.15, -0.1) is 0 Å². The Morgan fingerprint density at radius 1 is 1.25 bits per heavy atom. The number of carbonyl (C=O) groups is 1. The molecule has 116 valence electrons. The van der Waals surface area contributed by atoms with Crippen molar-refractivity contribution in [3.63, 3.8) is 0 Å². The van der Waals surface area contributed by atoms with Gasteiger partial charge >= 0.3 is 0 Å². The van der Waals surface area contributed by atoms with E-state index in [-0.39, 0.29) is 18.6 Å². The van der Waals surface area contributed by atoms with E-state index in [0.29, 0.717) is 5.78 Å². The molecule has 20 heavy (non-hydrogen) atoms. The number of rotatable bonds is 5. The Bertz CT molecular complexity index is 305. The largest absolute Gasteiger partial charge is 0.395 e. The molecule has 0 radical (unpaired) electrons. The Morgan fingerprint density at radius 3 is 2.85 bits per heavy atom. The van der Waals surface area contributed by atoms with Crippen molar-refractivity contribution in [1.29, 1.82) is 0 Å². The highest BCUT2D eigenvalue weighted by Crippen LogP contribution is 2.31. The summed E-state index contributed by atoms with van der Waals surface area (Å²) >= 11 is 0. The van der Waals surface area contributed by atoms with Gasteiger partial charge in [0.2, 0.25) is 0 Å². The monoisotopic (exact) mass is 281 g/mol. The van der Waals surface area contributed by atoms with Gasteiger partial charge in [0.25, 0.3) is 0 Å². The van der Waals surface area contributed by atoms with E-state index < -0.39 is 0 Å². The van der Waals surface area contributed by atoms with Crippen LogP contribution in [0.15, 0.2) is 0 Å². The Kier molecular flexibility index (Phi) is 6.50. The number of carbonyl (C=O) groups excluding carboxylic acids is 1. The van der Waals surface area contributed by atoms with E-state index in [9.17, 15) is 9.90 Å². The first-order chi connectivity index (χ1) is 9.74. The Labute approximate surface area is 123 Å². The molecule has 3 atom stereocenters. The molecule has 3 heteroatoms. The molecule has 2 fully saturated rings. The van der Waals surface area contributed by atoms with Crippen LogP contribution >= 0.6 is 0 Å². The quantitative estimate of drug-likeness (QED) is 0.842. The highest BCUT2D eigenvalue weighted by molar-refractivity contribution is 5.82. The molecule has 0 aromatic heterocycles. The molecule has 0 amide bonds. The summed E-state index contributed by atoms with van der Waals surface area (Å²) in [7, 11) is 0. The number of likely N-dealkylation sites (tertiary alicyclic amines) is 1. The topological polar surface area (TPSA) is 40.5 Å². The van der Waals surface area contributed by atoms with Crippen molar-refractivity contribution in [2.75, 3.05) is 19.7 Å². The maximum Gasteiger partial charge on any atom is 0.137 e. The smallest absolute Gasteiger partial charge is 0.137 e. The van der Waals surface area contributed by atoms with E-state index >= 15 is 0 Å². The van der Waals surface area contributed by atoms with Gasteiger partial charge in [-0.25, -0.2) is 0 Å². The van der Waals surface area contributed by atoms with Crippen molar-refractivity contribution in [2.45, 2.75) is 70.8 Å². The summed E-state index contributed by atoms with van der Waals surface area (Å²) in [6.45, 7) is 4.44. The maximum absolute atomic E-state index is 12.2. The predicted molar refractivity (Wildman–Crippen MR) is 81.7 cm³/mol. The fourth-order valence-electron chi connectivity index (χ4n) is 4.02. The van der Waals surface area contributed by atoms with Crippen LogP contribution in [-0.4, -0.2) is 41.5 Å². The van der Waals surface area contributed by atoms with E-state index in [1.54, 1.807) is 0 Å². The molecule has 0 aromatic rings.